The van der Waals surface area contributed by atoms with E-state index in [2.05, 4.69) is 93.2 Å². The van der Waals surface area contributed by atoms with Crippen LogP contribution in [0.4, 0.5) is 0 Å². The van der Waals surface area contributed by atoms with Gasteiger partial charge in [-0.3, -0.25) is 14.9 Å². The number of rotatable bonds is 6. The Morgan fingerprint density at radius 1 is 0.939 bits per heavy atom. The van der Waals surface area contributed by atoms with E-state index in [4.69, 9.17) is 0 Å². The molecule has 0 saturated carbocycles. The van der Waals surface area contributed by atoms with Gasteiger partial charge in [-0.15, -0.1) is 0 Å². The Labute approximate surface area is 195 Å². The van der Waals surface area contributed by atoms with Gasteiger partial charge in [0.2, 0.25) is 0 Å². The Kier molecular flexibility index (Phi) is 5.83. The minimum absolute atomic E-state index is 0.151. The van der Waals surface area contributed by atoms with Crippen molar-refractivity contribution in [2.24, 2.45) is 0 Å². The molecule has 0 fully saturated rings. The maximum absolute atomic E-state index is 11.3. The molecule has 0 aliphatic carbocycles. The summed E-state index contributed by atoms with van der Waals surface area (Å²) in [5.41, 5.74) is 8.10. The number of H-pyrrole nitrogens is 2. The first kappa shape index (κ1) is 20.8. The minimum Gasteiger partial charge on any atom is -0.296 e. The molecule has 5 rings (SSSR count). The average molecular weight is 451 g/mol. The highest BCUT2D eigenvalue weighted by molar-refractivity contribution is 7.02. The molecule has 0 radical (unpaired) electrons. The highest BCUT2D eigenvalue weighted by Crippen LogP contribution is 2.35. The Morgan fingerprint density at radius 2 is 1.73 bits per heavy atom. The number of hydrogen-bond acceptors (Lipinski definition) is 4. The molecule has 0 bridgehead atoms. The first-order valence-corrected chi connectivity index (χ1v) is 11.5. The SMILES string of the molecule is CCC(=C(c1ccc(C=Cc2nsc(=O)[nH]2)cc1)c1ccc2[nH]ncc2c1)c1ccccc1. The molecule has 0 aliphatic rings. The Morgan fingerprint density at radius 3 is 2.45 bits per heavy atom. The molecule has 162 valence electrons. The molecular formula is C27H22N4OS. The first-order valence-electron chi connectivity index (χ1n) is 10.8. The third kappa shape index (κ3) is 4.47. The molecule has 6 heteroatoms. The van der Waals surface area contributed by atoms with Crippen LogP contribution < -0.4 is 4.87 Å². The molecule has 0 aliphatic heterocycles. The highest BCUT2D eigenvalue weighted by atomic mass is 32.1. The van der Waals surface area contributed by atoms with E-state index >= 15 is 0 Å². The molecule has 0 atom stereocenters. The number of allylic oxidation sites excluding steroid dienone is 1. The molecule has 5 nitrogen and oxygen atoms in total. The van der Waals surface area contributed by atoms with Crippen LogP contribution in [0.15, 0.2) is 83.8 Å². The van der Waals surface area contributed by atoms with E-state index in [9.17, 15) is 4.79 Å². The number of nitrogens with one attached hydrogen (secondary N) is 2. The van der Waals surface area contributed by atoms with E-state index in [0.717, 1.165) is 45.5 Å². The van der Waals surface area contributed by atoms with Crippen molar-refractivity contribution in [1.29, 1.82) is 0 Å². The molecule has 0 unspecified atom stereocenters. The summed E-state index contributed by atoms with van der Waals surface area (Å²) in [6.07, 6.45) is 6.54. The van der Waals surface area contributed by atoms with Crippen molar-refractivity contribution in [3.63, 3.8) is 0 Å². The second-order valence-electron chi connectivity index (χ2n) is 7.68. The lowest BCUT2D eigenvalue weighted by Crippen LogP contribution is -1.95. The Bertz CT molecular complexity index is 1510. The van der Waals surface area contributed by atoms with Gasteiger partial charge in [0.15, 0.2) is 0 Å². The van der Waals surface area contributed by atoms with Crippen LogP contribution in [0.3, 0.4) is 0 Å². The quantitative estimate of drug-likeness (QED) is 0.300. The maximum Gasteiger partial charge on any atom is 0.323 e. The van der Waals surface area contributed by atoms with Crippen molar-refractivity contribution in [1.82, 2.24) is 19.6 Å². The van der Waals surface area contributed by atoms with Crippen LogP contribution in [0.1, 0.15) is 41.4 Å². The summed E-state index contributed by atoms with van der Waals surface area (Å²) in [5, 5.41) is 8.31. The molecule has 5 aromatic rings. The fourth-order valence-corrected chi connectivity index (χ4v) is 4.46. The van der Waals surface area contributed by atoms with Gasteiger partial charge in [0, 0.05) is 16.9 Å². The molecular weight excluding hydrogens is 428 g/mol. The molecule has 2 N–H and O–H groups in total. The van der Waals surface area contributed by atoms with Crippen LogP contribution in [0.2, 0.25) is 0 Å². The molecule has 0 amide bonds. The average Bonchev–Trinajstić information content (AvgIpc) is 3.50. The van der Waals surface area contributed by atoms with E-state index in [1.54, 1.807) is 0 Å². The number of aromatic amines is 2. The van der Waals surface area contributed by atoms with E-state index < -0.39 is 0 Å². The van der Waals surface area contributed by atoms with E-state index in [-0.39, 0.29) is 4.87 Å². The van der Waals surface area contributed by atoms with Gasteiger partial charge in [-0.1, -0.05) is 73.7 Å². The summed E-state index contributed by atoms with van der Waals surface area (Å²) in [7, 11) is 0. The number of nitrogens with zero attached hydrogens (tertiary/aromatic N) is 2. The highest BCUT2D eigenvalue weighted by Gasteiger charge is 2.14. The Hall–Kier alpha value is -4.03. The third-order valence-electron chi connectivity index (χ3n) is 5.60. The fraction of sp³-hybridized carbons (Fsp3) is 0.0741. The largest absolute Gasteiger partial charge is 0.323 e. The van der Waals surface area contributed by atoms with Crippen molar-refractivity contribution in [3.05, 3.63) is 117 Å². The second kappa shape index (κ2) is 9.22. The van der Waals surface area contributed by atoms with Gasteiger partial charge < -0.3 is 0 Å². The van der Waals surface area contributed by atoms with Crippen molar-refractivity contribution in [2.45, 2.75) is 13.3 Å². The monoisotopic (exact) mass is 450 g/mol. The van der Waals surface area contributed by atoms with Gasteiger partial charge in [-0.05, 0) is 58.0 Å². The normalized spacial score (nSPS) is 12.4. The van der Waals surface area contributed by atoms with Crippen molar-refractivity contribution < 1.29 is 0 Å². The summed E-state index contributed by atoms with van der Waals surface area (Å²) in [5.74, 6) is 0.570. The molecule has 0 saturated heterocycles. The van der Waals surface area contributed by atoms with Gasteiger partial charge in [0.25, 0.3) is 0 Å². The fourth-order valence-electron chi connectivity index (χ4n) is 4.03. The minimum atomic E-state index is -0.151. The van der Waals surface area contributed by atoms with Crippen LogP contribution >= 0.6 is 11.5 Å². The lowest BCUT2D eigenvalue weighted by Gasteiger charge is -2.16. The second-order valence-corrected chi connectivity index (χ2v) is 8.42. The van der Waals surface area contributed by atoms with E-state index in [1.807, 2.05) is 24.4 Å². The molecule has 2 aromatic heterocycles. The standard InChI is InChI=1S/C27H22N4OS/c1-2-23(19-6-4-3-5-7-19)26(21-13-14-24-22(16-21)17-28-30-24)20-11-8-18(9-12-20)10-15-25-29-27(32)33-31-25/h3-17H,2H2,1H3,(H,28,30)(H,29,31,32). The smallest absolute Gasteiger partial charge is 0.296 e. The number of aromatic nitrogens is 4. The lowest BCUT2D eigenvalue weighted by molar-refractivity contribution is 1.12. The lowest BCUT2D eigenvalue weighted by atomic mass is 9.87. The van der Waals surface area contributed by atoms with E-state index in [0.29, 0.717) is 5.82 Å². The summed E-state index contributed by atoms with van der Waals surface area (Å²) in [4.78, 5) is 13.8. The molecule has 3 aromatic carbocycles. The number of fused-ring (bicyclic) bond motifs is 1. The van der Waals surface area contributed by atoms with Crippen molar-refractivity contribution >= 4 is 45.7 Å². The maximum atomic E-state index is 11.3. The van der Waals surface area contributed by atoms with Gasteiger partial charge in [-0.25, -0.2) is 0 Å². The third-order valence-corrected chi connectivity index (χ3v) is 6.15. The molecule has 0 spiro atoms. The van der Waals surface area contributed by atoms with Gasteiger partial charge >= 0.3 is 4.87 Å². The van der Waals surface area contributed by atoms with Crippen LogP contribution in [-0.4, -0.2) is 19.6 Å². The van der Waals surface area contributed by atoms with Crippen molar-refractivity contribution in [3.8, 4) is 0 Å². The zero-order valence-electron chi connectivity index (χ0n) is 18.1. The van der Waals surface area contributed by atoms with E-state index in [1.165, 1.54) is 16.7 Å². The summed E-state index contributed by atoms with van der Waals surface area (Å²) >= 11 is 0.923. The number of benzene rings is 3. The van der Waals surface area contributed by atoms with Crippen LogP contribution in [0, 0.1) is 0 Å². The number of hydrogen-bond donors (Lipinski definition) is 2. The summed E-state index contributed by atoms with van der Waals surface area (Å²) in [6, 6.07) is 25.5. The summed E-state index contributed by atoms with van der Waals surface area (Å²) in [6.45, 7) is 2.20. The summed E-state index contributed by atoms with van der Waals surface area (Å²) < 4.78 is 4.08. The van der Waals surface area contributed by atoms with Gasteiger partial charge in [-0.2, -0.15) is 9.47 Å². The predicted molar refractivity (Wildman–Crippen MR) is 137 cm³/mol. The molecule has 2 heterocycles. The zero-order chi connectivity index (χ0) is 22.6. The predicted octanol–water partition coefficient (Wildman–Crippen LogP) is 6.25. The van der Waals surface area contributed by atoms with Crippen LogP contribution in [0.5, 0.6) is 0 Å². The van der Waals surface area contributed by atoms with Gasteiger partial charge in [0.05, 0.1) is 11.7 Å². The molecule has 33 heavy (non-hydrogen) atoms. The zero-order valence-corrected chi connectivity index (χ0v) is 18.9. The Balaban J connectivity index is 1.60. The van der Waals surface area contributed by atoms with Gasteiger partial charge in [0.1, 0.15) is 5.82 Å². The van der Waals surface area contributed by atoms with Crippen LogP contribution in [0.25, 0.3) is 34.2 Å². The van der Waals surface area contributed by atoms with Crippen molar-refractivity contribution in [2.75, 3.05) is 0 Å². The first-order chi connectivity index (χ1) is 16.2. The van der Waals surface area contributed by atoms with Crippen LogP contribution in [-0.2, 0) is 0 Å². The topological polar surface area (TPSA) is 74.4 Å².